The largest absolute Gasteiger partial charge is 0.330 e. The molecule has 0 bridgehead atoms. The van der Waals surface area contributed by atoms with Crippen LogP contribution < -0.4 is 11.1 Å². The molecule has 27 heavy (non-hydrogen) atoms. The number of hydrogen-bond acceptors (Lipinski definition) is 5. The van der Waals surface area contributed by atoms with Gasteiger partial charge in [0.05, 0.1) is 11.5 Å². The molecule has 1 fully saturated rings. The third-order valence-corrected chi connectivity index (χ3v) is 5.08. The molecule has 0 aromatic heterocycles. The molecule has 2 aromatic rings. The number of amides is 1. The topological polar surface area (TPSA) is 102 Å². The number of nitro groups is 1. The highest BCUT2D eigenvalue weighted by Gasteiger charge is 2.33. The molecule has 1 heterocycles. The zero-order chi connectivity index (χ0) is 19.4. The van der Waals surface area contributed by atoms with Crippen LogP contribution >= 0.6 is 11.6 Å². The van der Waals surface area contributed by atoms with Gasteiger partial charge in [0.15, 0.2) is 0 Å². The Hall–Kier alpha value is -2.48. The number of nitrogens with one attached hydrogen (secondary N) is 1. The Morgan fingerprint density at radius 3 is 2.67 bits per heavy atom. The van der Waals surface area contributed by atoms with E-state index in [2.05, 4.69) is 17.4 Å². The average Bonchev–Trinajstić information content (AvgIpc) is 3.06. The lowest BCUT2D eigenvalue weighted by molar-refractivity contribution is -0.383. The molecular weight excluding hydrogens is 368 g/mol. The van der Waals surface area contributed by atoms with E-state index >= 15 is 0 Å². The van der Waals surface area contributed by atoms with Crippen LogP contribution in [0.25, 0.3) is 0 Å². The molecular formula is C19H21ClN4O3. The lowest BCUT2D eigenvalue weighted by Gasteiger charge is -2.16. The van der Waals surface area contributed by atoms with Crippen molar-refractivity contribution < 1.29 is 9.72 Å². The van der Waals surface area contributed by atoms with Crippen molar-refractivity contribution in [1.82, 2.24) is 4.90 Å². The van der Waals surface area contributed by atoms with E-state index in [0.29, 0.717) is 13.1 Å². The molecule has 1 saturated heterocycles. The van der Waals surface area contributed by atoms with Crippen LogP contribution in [-0.4, -0.2) is 41.9 Å². The van der Waals surface area contributed by atoms with E-state index in [1.165, 1.54) is 23.8 Å². The molecule has 0 spiro atoms. The number of rotatable bonds is 6. The van der Waals surface area contributed by atoms with Crippen LogP contribution in [0.4, 0.5) is 11.4 Å². The van der Waals surface area contributed by atoms with Crippen molar-refractivity contribution in [3.8, 4) is 0 Å². The minimum absolute atomic E-state index is 0.142. The molecule has 0 aliphatic carbocycles. The summed E-state index contributed by atoms with van der Waals surface area (Å²) in [4.78, 5) is 25.1. The lowest BCUT2D eigenvalue weighted by atomic mass is 9.89. The van der Waals surface area contributed by atoms with Crippen LogP contribution in [0.3, 0.4) is 0 Å². The summed E-state index contributed by atoms with van der Waals surface area (Å²) in [5.41, 5.74) is 7.06. The normalized spacial score (nSPS) is 19.8. The molecule has 3 rings (SSSR count). The number of hydrogen-bond donors (Lipinski definition) is 2. The number of benzene rings is 2. The minimum atomic E-state index is -0.562. The van der Waals surface area contributed by atoms with E-state index < -0.39 is 4.92 Å². The van der Waals surface area contributed by atoms with Gasteiger partial charge in [0.1, 0.15) is 5.69 Å². The number of nitro benzene ring substituents is 1. The quantitative estimate of drug-likeness (QED) is 0.585. The fraction of sp³-hybridized carbons (Fsp3) is 0.316. The highest BCUT2D eigenvalue weighted by atomic mass is 35.5. The summed E-state index contributed by atoms with van der Waals surface area (Å²) >= 11 is 5.80. The Bertz CT molecular complexity index is 831. The van der Waals surface area contributed by atoms with Gasteiger partial charge in [0.2, 0.25) is 5.91 Å². The molecule has 1 aliphatic rings. The van der Waals surface area contributed by atoms with E-state index in [1.807, 2.05) is 23.1 Å². The molecule has 0 saturated carbocycles. The maximum Gasteiger partial charge on any atom is 0.294 e. The third kappa shape index (κ3) is 4.63. The van der Waals surface area contributed by atoms with Crippen molar-refractivity contribution in [3.05, 3.63) is 69.2 Å². The predicted molar refractivity (Wildman–Crippen MR) is 105 cm³/mol. The summed E-state index contributed by atoms with van der Waals surface area (Å²) in [6.07, 6.45) is 0. The number of carbonyl (C=O) groups is 1. The van der Waals surface area contributed by atoms with E-state index in [9.17, 15) is 14.9 Å². The van der Waals surface area contributed by atoms with Crippen molar-refractivity contribution in [2.75, 3.05) is 31.5 Å². The Labute approximate surface area is 162 Å². The van der Waals surface area contributed by atoms with Gasteiger partial charge >= 0.3 is 0 Å². The van der Waals surface area contributed by atoms with Gasteiger partial charge in [0, 0.05) is 30.1 Å². The fourth-order valence-electron chi connectivity index (χ4n) is 3.56. The minimum Gasteiger partial charge on any atom is -0.330 e. The summed E-state index contributed by atoms with van der Waals surface area (Å²) in [5, 5.41) is 14.0. The first-order chi connectivity index (χ1) is 13.0. The van der Waals surface area contributed by atoms with Crippen molar-refractivity contribution in [2.45, 2.75) is 5.92 Å². The van der Waals surface area contributed by atoms with E-state index in [0.717, 1.165) is 6.54 Å². The molecule has 2 aromatic carbocycles. The van der Waals surface area contributed by atoms with Crippen molar-refractivity contribution in [3.63, 3.8) is 0 Å². The first-order valence-electron chi connectivity index (χ1n) is 8.69. The highest BCUT2D eigenvalue weighted by molar-refractivity contribution is 6.31. The van der Waals surface area contributed by atoms with Crippen LogP contribution in [0, 0.1) is 16.0 Å². The molecule has 0 unspecified atom stereocenters. The van der Waals surface area contributed by atoms with Crippen LogP contribution in [0.1, 0.15) is 11.5 Å². The zero-order valence-corrected chi connectivity index (χ0v) is 15.4. The molecule has 3 N–H and O–H groups in total. The molecule has 1 amide bonds. The monoisotopic (exact) mass is 388 g/mol. The van der Waals surface area contributed by atoms with Gasteiger partial charge in [-0.3, -0.25) is 19.8 Å². The highest BCUT2D eigenvalue weighted by Crippen LogP contribution is 2.32. The SMILES string of the molecule is NC[C@@H]1CN(CC(=O)Nc2ccc(Cl)cc2[N+](=O)[O-])C[C@H]1c1ccccc1. The van der Waals surface area contributed by atoms with Gasteiger partial charge in [-0.1, -0.05) is 41.9 Å². The van der Waals surface area contributed by atoms with Gasteiger partial charge in [0.25, 0.3) is 5.69 Å². The number of carbonyl (C=O) groups excluding carboxylic acids is 1. The number of anilines is 1. The summed E-state index contributed by atoms with van der Waals surface area (Å²) in [6.45, 7) is 2.13. The second-order valence-corrected chi connectivity index (χ2v) is 7.11. The third-order valence-electron chi connectivity index (χ3n) is 4.84. The van der Waals surface area contributed by atoms with Crippen LogP contribution in [-0.2, 0) is 4.79 Å². The van der Waals surface area contributed by atoms with Crippen molar-refractivity contribution >= 4 is 28.9 Å². The molecule has 2 atom stereocenters. The van der Waals surface area contributed by atoms with Gasteiger partial charge in [-0.15, -0.1) is 0 Å². The van der Waals surface area contributed by atoms with Gasteiger partial charge in [-0.25, -0.2) is 0 Å². The Morgan fingerprint density at radius 2 is 2.00 bits per heavy atom. The predicted octanol–water partition coefficient (Wildman–Crippen LogP) is 2.86. The summed E-state index contributed by atoms with van der Waals surface area (Å²) < 4.78 is 0. The molecule has 0 radical (unpaired) electrons. The first-order valence-corrected chi connectivity index (χ1v) is 9.07. The average molecular weight is 389 g/mol. The number of likely N-dealkylation sites (tertiary alicyclic amines) is 1. The molecule has 1 aliphatic heterocycles. The number of halogens is 1. The van der Waals surface area contributed by atoms with Crippen LogP contribution in [0.5, 0.6) is 0 Å². The first kappa shape index (κ1) is 19.3. The summed E-state index contributed by atoms with van der Waals surface area (Å²) in [5.74, 6) is 0.240. The second kappa shape index (κ2) is 8.47. The maximum atomic E-state index is 12.4. The van der Waals surface area contributed by atoms with Crippen LogP contribution in [0.2, 0.25) is 5.02 Å². The van der Waals surface area contributed by atoms with Gasteiger partial charge < -0.3 is 11.1 Å². The number of nitrogens with two attached hydrogens (primary N) is 1. The van der Waals surface area contributed by atoms with E-state index in [-0.39, 0.29) is 40.7 Å². The zero-order valence-electron chi connectivity index (χ0n) is 14.7. The van der Waals surface area contributed by atoms with Crippen molar-refractivity contribution in [2.24, 2.45) is 11.7 Å². The standard InChI is InChI=1S/C19H21ClN4O3/c20-15-6-7-17(18(8-15)24(26)27)22-19(25)12-23-10-14(9-21)16(11-23)13-4-2-1-3-5-13/h1-8,14,16H,9-12,21H2,(H,22,25)/t14-,16+/m1/s1. The Morgan fingerprint density at radius 1 is 1.26 bits per heavy atom. The maximum absolute atomic E-state index is 12.4. The Balaban J connectivity index is 1.66. The van der Waals surface area contributed by atoms with Gasteiger partial charge in [-0.05, 0) is 30.2 Å². The second-order valence-electron chi connectivity index (χ2n) is 6.67. The molecule has 7 nitrogen and oxygen atoms in total. The van der Waals surface area contributed by atoms with Crippen molar-refractivity contribution in [1.29, 1.82) is 0 Å². The smallest absolute Gasteiger partial charge is 0.294 e. The van der Waals surface area contributed by atoms with Crippen LogP contribution in [0.15, 0.2) is 48.5 Å². The van der Waals surface area contributed by atoms with E-state index in [1.54, 1.807) is 0 Å². The summed E-state index contributed by atoms with van der Waals surface area (Å²) in [7, 11) is 0. The van der Waals surface area contributed by atoms with E-state index in [4.69, 9.17) is 17.3 Å². The summed E-state index contributed by atoms with van der Waals surface area (Å²) in [6, 6.07) is 14.3. The molecule has 8 heteroatoms. The number of nitrogens with zero attached hydrogens (tertiary/aromatic N) is 2. The fourth-order valence-corrected chi connectivity index (χ4v) is 3.73. The Kier molecular flexibility index (Phi) is 6.05. The lowest BCUT2D eigenvalue weighted by Crippen LogP contribution is -2.32. The molecule has 142 valence electrons. The van der Waals surface area contributed by atoms with Gasteiger partial charge in [-0.2, -0.15) is 0 Å².